The summed E-state index contributed by atoms with van der Waals surface area (Å²) in [6.45, 7) is 1.11. The van der Waals surface area contributed by atoms with Crippen LogP contribution in [0, 0.1) is 5.92 Å². The first-order valence-corrected chi connectivity index (χ1v) is 4.93. The SMILES string of the molecule is COC(=O)N[C@H](C(O)O)[C@H]1CCCOC1. The van der Waals surface area contributed by atoms with Crippen LogP contribution in [0.15, 0.2) is 0 Å². The Morgan fingerprint density at radius 3 is 2.80 bits per heavy atom. The van der Waals surface area contributed by atoms with Crippen molar-refractivity contribution in [2.45, 2.75) is 25.2 Å². The summed E-state index contributed by atoms with van der Waals surface area (Å²) < 4.78 is 9.62. The lowest BCUT2D eigenvalue weighted by Gasteiger charge is -2.31. The van der Waals surface area contributed by atoms with E-state index in [9.17, 15) is 4.79 Å². The molecule has 0 aromatic rings. The number of hydrogen-bond donors (Lipinski definition) is 3. The van der Waals surface area contributed by atoms with Gasteiger partial charge in [0.15, 0.2) is 6.29 Å². The van der Waals surface area contributed by atoms with Gasteiger partial charge in [-0.15, -0.1) is 0 Å². The maximum Gasteiger partial charge on any atom is 0.407 e. The first-order chi connectivity index (χ1) is 7.15. The van der Waals surface area contributed by atoms with Crippen LogP contribution in [0.25, 0.3) is 0 Å². The molecule has 0 spiro atoms. The number of rotatable bonds is 3. The van der Waals surface area contributed by atoms with Crippen molar-refractivity contribution in [3.8, 4) is 0 Å². The minimum Gasteiger partial charge on any atom is -0.453 e. The Balaban J connectivity index is 2.51. The Morgan fingerprint density at radius 2 is 2.33 bits per heavy atom. The number of alkyl carbamates (subject to hydrolysis) is 1. The molecule has 15 heavy (non-hydrogen) atoms. The van der Waals surface area contributed by atoms with Crippen LogP contribution in [0.3, 0.4) is 0 Å². The van der Waals surface area contributed by atoms with E-state index in [2.05, 4.69) is 10.1 Å². The summed E-state index contributed by atoms with van der Waals surface area (Å²) >= 11 is 0. The highest BCUT2D eigenvalue weighted by molar-refractivity contribution is 5.67. The third-order valence-electron chi connectivity index (χ3n) is 2.49. The molecule has 1 amide bonds. The van der Waals surface area contributed by atoms with Crippen LogP contribution >= 0.6 is 0 Å². The van der Waals surface area contributed by atoms with E-state index < -0.39 is 18.4 Å². The molecule has 1 aliphatic rings. The number of carbonyl (C=O) groups is 1. The van der Waals surface area contributed by atoms with Gasteiger partial charge in [-0.2, -0.15) is 0 Å². The minimum absolute atomic E-state index is 0.0853. The van der Waals surface area contributed by atoms with Crippen molar-refractivity contribution >= 4 is 6.09 Å². The van der Waals surface area contributed by atoms with Gasteiger partial charge in [-0.3, -0.25) is 0 Å². The number of aliphatic hydroxyl groups is 2. The van der Waals surface area contributed by atoms with Crippen molar-refractivity contribution in [2.24, 2.45) is 5.92 Å². The number of methoxy groups -OCH3 is 1. The summed E-state index contributed by atoms with van der Waals surface area (Å²) in [5.41, 5.74) is 0. The topological polar surface area (TPSA) is 88.0 Å². The fourth-order valence-corrected chi connectivity index (χ4v) is 1.68. The first kappa shape index (κ1) is 12.2. The summed E-state index contributed by atoms with van der Waals surface area (Å²) in [5, 5.41) is 20.7. The lowest BCUT2D eigenvalue weighted by atomic mass is 9.93. The van der Waals surface area contributed by atoms with Crippen molar-refractivity contribution < 1.29 is 24.5 Å². The van der Waals surface area contributed by atoms with E-state index in [1.807, 2.05) is 0 Å². The average Bonchev–Trinajstić information content (AvgIpc) is 2.26. The molecular weight excluding hydrogens is 202 g/mol. The molecule has 6 heteroatoms. The number of carbonyl (C=O) groups excluding carboxylic acids is 1. The highest BCUT2D eigenvalue weighted by atomic mass is 16.5. The lowest BCUT2D eigenvalue weighted by Crippen LogP contribution is -2.50. The Bertz CT molecular complexity index is 203. The summed E-state index contributed by atoms with van der Waals surface area (Å²) in [7, 11) is 1.23. The Kier molecular flexibility index (Phi) is 4.80. The predicted molar refractivity (Wildman–Crippen MR) is 51.1 cm³/mol. The summed E-state index contributed by atoms with van der Waals surface area (Å²) in [6.07, 6.45) is -0.613. The molecule has 0 radical (unpaired) electrons. The number of hydrogen-bond acceptors (Lipinski definition) is 5. The molecule has 3 N–H and O–H groups in total. The molecule has 1 saturated heterocycles. The molecule has 88 valence electrons. The first-order valence-electron chi connectivity index (χ1n) is 4.93. The van der Waals surface area contributed by atoms with Crippen LogP contribution in [0.1, 0.15) is 12.8 Å². The maximum absolute atomic E-state index is 11.0. The molecule has 1 heterocycles. The van der Waals surface area contributed by atoms with Crippen LogP contribution in [0.2, 0.25) is 0 Å². The zero-order valence-corrected chi connectivity index (χ0v) is 8.68. The standard InChI is InChI=1S/C9H17NO5/c1-14-9(13)10-7(8(11)12)6-3-2-4-15-5-6/h6-8,11-12H,2-5H2,1H3,(H,10,13)/t6-,7-/m0/s1. The van der Waals surface area contributed by atoms with Crippen molar-refractivity contribution in [1.29, 1.82) is 0 Å². The van der Waals surface area contributed by atoms with Gasteiger partial charge in [0.1, 0.15) is 0 Å². The molecule has 2 atom stereocenters. The van der Waals surface area contributed by atoms with E-state index in [4.69, 9.17) is 14.9 Å². The van der Waals surface area contributed by atoms with Crippen LogP contribution < -0.4 is 5.32 Å². The zero-order chi connectivity index (χ0) is 11.3. The fourth-order valence-electron chi connectivity index (χ4n) is 1.68. The van der Waals surface area contributed by atoms with Gasteiger partial charge in [-0.25, -0.2) is 4.79 Å². The van der Waals surface area contributed by atoms with Crippen molar-refractivity contribution in [2.75, 3.05) is 20.3 Å². The van der Waals surface area contributed by atoms with Gasteiger partial charge < -0.3 is 25.0 Å². The summed E-state index contributed by atoms with van der Waals surface area (Å²) in [6, 6.07) is -0.738. The second-order valence-electron chi connectivity index (χ2n) is 3.55. The molecule has 1 fully saturated rings. The summed E-state index contributed by atoms with van der Waals surface area (Å²) in [4.78, 5) is 11.0. The second-order valence-corrected chi connectivity index (χ2v) is 3.55. The Hall–Kier alpha value is -0.850. The maximum atomic E-state index is 11.0. The van der Waals surface area contributed by atoms with Crippen LogP contribution in [-0.4, -0.2) is 49.0 Å². The number of nitrogens with one attached hydrogen (secondary N) is 1. The Labute approximate surface area is 88.2 Å². The third kappa shape index (κ3) is 3.65. The van der Waals surface area contributed by atoms with E-state index in [0.717, 1.165) is 12.8 Å². The second kappa shape index (κ2) is 5.89. The number of amides is 1. The van der Waals surface area contributed by atoms with E-state index >= 15 is 0 Å². The van der Waals surface area contributed by atoms with Crippen molar-refractivity contribution in [1.82, 2.24) is 5.32 Å². The number of ether oxygens (including phenoxy) is 2. The largest absolute Gasteiger partial charge is 0.453 e. The molecule has 0 bridgehead atoms. The monoisotopic (exact) mass is 219 g/mol. The predicted octanol–water partition coefficient (Wildman–Crippen LogP) is -0.552. The fraction of sp³-hybridized carbons (Fsp3) is 0.889. The molecule has 0 aromatic heterocycles. The van der Waals surface area contributed by atoms with Gasteiger partial charge in [-0.05, 0) is 12.8 Å². The highest BCUT2D eigenvalue weighted by Crippen LogP contribution is 2.19. The molecule has 0 unspecified atom stereocenters. The van der Waals surface area contributed by atoms with Crippen LogP contribution in [0.5, 0.6) is 0 Å². The quantitative estimate of drug-likeness (QED) is 0.554. The van der Waals surface area contributed by atoms with E-state index in [1.165, 1.54) is 7.11 Å². The molecule has 0 saturated carbocycles. The van der Waals surface area contributed by atoms with Crippen molar-refractivity contribution in [3.63, 3.8) is 0 Å². The minimum atomic E-state index is -1.60. The van der Waals surface area contributed by atoms with Gasteiger partial charge in [0.05, 0.1) is 19.8 Å². The lowest BCUT2D eigenvalue weighted by molar-refractivity contribution is -0.0957. The summed E-state index contributed by atoms with van der Waals surface area (Å²) in [5.74, 6) is -0.0853. The zero-order valence-electron chi connectivity index (χ0n) is 8.68. The van der Waals surface area contributed by atoms with Crippen LogP contribution in [-0.2, 0) is 9.47 Å². The smallest absolute Gasteiger partial charge is 0.407 e. The number of aliphatic hydroxyl groups excluding tert-OH is 1. The Morgan fingerprint density at radius 1 is 1.60 bits per heavy atom. The van der Waals surface area contributed by atoms with Crippen molar-refractivity contribution in [3.05, 3.63) is 0 Å². The normalized spacial score (nSPS) is 23.6. The molecule has 6 nitrogen and oxygen atoms in total. The van der Waals surface area contributed by atoms with Gasteiger partial charge in [-0.1, -0.05) is 0 Å². The van der Waals surface area contributed by atoms with Gasteiger partial charge in [0.25, 0.3) is 0 Å². The van der Waals surface area contributed by atoms with Gasteiger partial charge >= 0.3 is 6.09 Å². The highest BCUT2D eigenvalue weighted by Gasteiger charge is 2.30. The van der Waals surface area contributed by atoms with Gasteiger partial charge in [0, 0.05) is 12.5 Å². The molecular formula is C9H17NO5. The van der Waals surface area contributed by atoms with E-state index in [1.54, 1.807) is 0 Å². The average molecular weight is 219 g/mol. The molecule has 0 aliphatic carbocycles. The van der Waals surface area contributed by atoms with E-state index in [0.29, 0.717) is 13.2 Å². The molecule has 1 rings (SSSR count). The molecule has 1 aliphatic heterocycles. The third-order valence-corrected chi connectivity index (χ3v) is 2.49. The molecule has 0 aromatic carbocycles. The van der Waals surface area contributed by atoms with Gasteiger partial charge in [0.2, 0.25) is 0 Å². The van der Waals surface area contributed by atoms with E-state index in [-0.39, 0.29) is 5.92 Å². The van der Waals surface area contributed by atoms with Crippen LogP contribution in [0.4, 0.5) is 4.79 Å².